The molecule has 2 aromatic carbocycles. The maximum absolute atomic E-state index is 11.3. The van der Waals surface area contributed by atoms with E-state index in [0.29, 0.717) is 0 Å². The van der Waals surface area contributed by atoms with Gasteiger partial charge < -0.3 is 5.21 Å². The highest BCUT2D eigenvalue weighted by molar-refractivity contribution is 7.89. The van der Waals surface area contributed by atoms with Gasteiger partial charge in [0.2, 0.25) is 0 Å². The normalized spacial score (nSPS) is 11.8. The topological polar surface area (TPSA) is 78.8 Å². The van der Waals surface area contributed by atoms with Gasteiger partial charge in [-0.15, -0.1) is 0 Å². The Morgan fingerprint density at radius 2 is 1.63 bits per heavy atom. The Labute approximate surface area is 111 Å². The summed E-state index contributed by atoms with van der Waals surface area (Å²) >= 11 is 0. The Balaban J connectivity index is 2.18. The van der Waals surface area contributed by atoms with Gasteiger partial charge in [-0.05, 0) is 29.8 Å². The Morgan fingerprint density at radius 1 is 1.00 bits per heavy atom. The van der Waals surface area contributed by atoms with Crippen LogP contribution in [-0.4, -0.2) is 19.8 Å². The first-order valence-corrected chi connectivity index (χ1v) is 6.95. The van der Waals surface area contributed by atoms with E-state index in [1.807, 2.05) is 30.3 Å². The van der Waals surface area contributed by atoms with Gasteiger partial charge in [-0.1, -0.05) is 35.2 Å². The fourth-order valence-corrected chi connectivity index (χ4v) is 2.05. The molecule has 0 radical (unpaired) electrons. The quantitative estimate of drug-likeness (QED) is 0.663. The molecule has 6 heteroatoms. The van der Waals surface area contributed by atoms with E-state index in [4.69, 9.17) is 5.21 Å². The van der Waals surface area contributed by atoms with E-state index in [1.54, 1.807) is 18.3 Å². The highest BCUT2D eigenvalue weighted by Crippen LogP contribution is 2.12. The lowest BCUT2D eigenvalue weighted by Gasteiger charge is -2.01. The molecular formula is C13H12N2O3S. The maximum atomic E-state index is 11.3. The Morgan fingerprint density at radius 3 is 2.21 bits per heavy atom. The number of para-hydroxylation sites is 1. The average molecular weight is 276 g/mol. The summed E-state index contributed by atoms with van der Waals surface area (Å²) in [6.07, 6.45) is 1.64. The van der Waals surface area contributed by atoms with Crippen molar-refractivity contribution >= 4 is 21.9 Å². The Hall–Kier alpha value is -2.02. The van der Waals surface area contributed by atoms with Crippen LogP contribution in [0, 0.1) is 0 Å². The fraction of sp³-hybridized carbons (Fsp3) is 0. The molecule has 2 rings (SSSR count). The molecule has 0 spiro atoms. The first kappa shape index (κ1) is 13.4. The van der Waals surface area contributed by atoms with E-state index in [1.165, 1.54) is 17.0 Å². The van der Waals surface area contributed by atoms with Gasteiger partial charge in [-0.25, -0.2) is 8.42 Å². The number of nitrogens with zero attached hydrogens (tertiary/aromatic N) is 1. The lowest BCUT2D eigenvalue weighted by atomic mass is 10.2. The molecule has 0 aliphatic heterocycles. The largest absolute Gasteiger partial charge is 0.302 e. The van der Waals surface area contributed by atoms with Gasteiger partial charge in [0.15, 0.2) is 0 Å². The van der Waals surface area contributed by atoms with Crippen LogP contribution in [0.3, 0.4) is 0 Å². The van der Waals surface area contributed by atoms with Gasteiger partial charge in [0.05, 0.1) is 10.6 Å². The molecule has 0 fully saturated rings. The monoisotopic (exact) mass is 276 g/mol. The van der Waals surface area contributed by atoms with E-state index >= 15 is 0 Å². The van der Waals surface area contributed by atoms with Gasteiger partial charge in [-0.2, -0.15) is 0 Å². The fourth-order valence-electron chi connectivity index (χ4n) is 1.45. The molecule has 0 heterocycles. The van der Waals surface area contributed by atoms with Gasteiger partial charge in [0, 0.05) is 6.21 Å². The number of hydrogen-bond donors (Lipinski definition) is 2. The second kappa shape index (κ2) is 5.75. The summed E-state index contributed by atoms with van der Waals surface area (Å²) in [4.78, 5) is 5.51. The number of benzene rings is 2. The number of sulfonamides is 1. The smallest absolute Gasteiger partial charge is 0.262 e. The van der Waals surface area contributed by atoms with Crippen molar-refractivity contribution in [2.24, 2.45) is 4.99 Å². The van der Waals surface area contributed by atoms with Crippen molar-refractivity contribution in [3.8, 4) is 0 Å². The molecule has 5 nitrogen and oxygen atoms in total. The molecule has 2 N–H and O–H groups in total. The lowest BCUT2D eigenvalue weighted by Crippen LogP contribution is -2.19. The molecule has 0 saturated heterocycles. The predicted octanol–water partition coefficient (Wildman–Crippen LogP) is 2.10. The van der Waals surface area contributed by atoms with Gasteiger partial charge in [0.25, 0.3) is 10.0 Å². The van der Waals surface area contributed by atoms with Crippen molar-refractivity contribution < 1.29 is 13.6 Å². The minimum atomic E-state index is -3.82. The standard InChI is InChI=1S/C13H12N2O3S/c16-15-19(17,18)13-8-6-11(7-9-13)10-14-12-4-2-1-3-5-12/h1-10,15-16H. The molecule has 2 aromatic rings. The minimum Gasteiger partial charge on any atom is -0.302 e. The molecule has 0 aromatic heterocycles. The summed E-state index contributed by atoms with van der Waals surface area (Å²) < 4.78 is 22.6. The third-order valence-electron chi connectivity index (χ3n) is 2.43. The summed E-state index contributed by atoms with van der Waals surface area (Å²) in [7, 11) is -3.82. The minimum absolute atomic E-state index is 0.00754. The van der Waals surface area contributed by atoms with E-state index in [-0.39, 0.29) is 4.90 Å². The highest BCUT2D eigenvalue weighted by Gasteiger charge is 2.11. The molecule has 0 saturated carbocycles. The van der Waals surface area contributed by atoms with Crippen LogP contribution in [0.15, 0.2) is 64.5 Å². The summed E-state index contributed by atoms with van der Waals surface area (Å²) in [5.41, 5.74) is 1.58. The summed E-state index contributed by atoms with van der Waals surface area (Å²) in [6.45, 7) is 0. The second-order valence-corrected chi connectivity index (χ2v) is 5.42. The van der Waals surface area contributed by atoms with Gasteiger partial charge >= 0.3 is 0 Å². The molecule has 19 heavy (non-hydrogen) atoms. The van der Waals surface area contributed by atoms with Crippen LogP contribution in [0.5, 0.6) is 0 Å². The van der Waals surface area contributed by atoms with Crippen LogP contribution in [0.1, 0.15) is 5.56 Å². The third kappa shape index (κ3) is 3.47. The molecule has 0 aliphatic carbocycles. The SMILES string of the molecule is O=S(=O)(NO)c1ccc(C=Nc2ccccc2)cc1. The van der Waals surface area contributed by atoms with E-state index in [9.17, 15) is 8.42 Å². The molecule has 0 aliphatic rings. The Kier molecular flexibility index (Phi) is 4.06. The third-order valence-corrected chi connectivity index (χ3v) is 3.56. The van der Waals surface area contributed by atoms with Crippen LogP contribution < -0.4 is 4.89 Å². The molecular weight excluding hydrogens is 264 g/mol. The summed E-state index contributed by atoms with van der Waals surface area (Å²) in [6, 6.07) is 15.4. The molecule has 98 valence electrons. The van der Waals surface area contributed by atoms with Crippen molar-refractivity contribution in [3.63, 3.8) is 0 Å². The van der Waals surface area contributed by atoms with E-state index in [2.05, 4.69) is 4.99 Å². The number of aliphatic imine (C=N–C) groups is 1. The molecule has 0 atom stereocenters. The van der Waals surface area contributed by atoms with Crippen molar-refractivity contribution in [1.82, 2.24) is 4.89 Å². The summed E-state index contributed by atoms with van der Waals surface area (Å²) in [5, 5.41) is 8.50. The van der Waals surface area contributed by atoms with Gasteiger partial charge in [0.1, 0.15) is 0 Å². The number of rotatable bonds is 4. The average Bonchev–Trinajstić information content (AvgIpc) is 2.47. The first-order chi connectivity index (χ1) is 9.12. The Bertz CT molecular complexity index is 665. The number of hydrogen-bond acceptors (Lipinski definition) is 4. The van der Waals surface area contributed by atoms with Crippen LogP contribution >= 0.6 is 0 Å². The molecule has 0 bridgehead atoms. The second-order valence-electron chi connectivity index (χ2n) is 3.76. The van der Waals surface area contributed by atoms with Gasteiger partial charge in [-0.3, -0.25) is 4.99 Å². The molecule has 0 unspecified atom stereocenters. The van der Waals surface area contributed by atoms with Crippen LogP contribution in [0.25, 0.3) is 0 Å². The van der Waals surface area contributed by atoms with Crippen molar-refractivity contribution in [2.45, 2.75) is 4.90 Å². The maximum Gasteiger partial charge on any atom is 0.262 e. The van der Waals surface area contributed by atoms with Crippen LogP contribution in [0.2, 0.25) is 0 Å². The zero-order chi connectivity index (χ0) is 13.7. The van der Waals surface area contributed by atoms with E-state index < -0.39 is 10.0 Å². The predicted molar refractivity (Wildman–Crippen MR) is 72.2 cm³/mol. The first-order valence-electron chi connectivity index (χ1n) is 5.47. The van der Waals surface area contributed by atoms with E-state index in [0.717, 1.165) is 11.3 Å². The van der Waals surface area contributed by atoms with Crippen molar-refractivity contribution in [1.29, 1.82) is 0 Å². The van der Waals surface area contributed by atoms with Crippen LogP contribution in [0.4, 0.5) is 5.69 Å². The number of nitrogens with one attached hydrogen (secondary N) is 1. The summed E-state index contributed by atoms with van der Waals surface area (Å²) in [5.74, 6) is 0. The van der Waals surface area contributed by atoms with Crippen molar-refractivity contribution in [2.75, 3.05) is 0 Å². The van der Waals surface area contributed by atoms with Crippen LogP contribution in [-0.2, 0) is 10.0 Å². The van der Waals surface area contributed by atoms with Crippen molar-refractivity contribution in [3.05, 3.63) is 60.2 Å². The zero-order valence-electron chi connectivity index (χ0n) is 9.89. The zero-order valence-corrected chi connectivity index (χ0v) is 10.7. The molecule has 0 amide bonds. The lowest BCUT2D eigenvalue weighted by molar-refractivity contribution is 0.242. The highest BCUT2D eigenvalue weighted by atomic mass is 32.2.